The normalized spacial score (nSPS) is 21.4. The molecule has 3 rings (SSSR count). The number of hydrogen-bond acceptors (Lipinski definition) is 2. The predicted molar refractivity (Wildman–Crippen MR) is 94.0 cm³/mol. The second kappa shape index (κ2) is 8.61. The summed E-state index contributed by atoms with van der Waals surface area (Å²) in [5.74, 6) is 0.244. The lowest BCUT2D eigenvalue weighted by molar-refractivity contribution is -0.127. The molecule has 24 heavy (non-hydrogen) atoms. The molecular formula is C20H29FN2O. The molecule has 0 aromatic heterocycles. The highest BCUT2D eigenvalue weighted by Crippen LogP contribution is 2.22. The third kappa shape index (κ3) is 5.04. The fourth-order valence-corrected chi connectivity index (χ4v) is 3.94. The minimum Gasteiger partial charge on any atom is -0.353 e. The minimum atomic E-state index is -0.187. The highest BCUT2D eigenvalue weighted by atomic mass is 19.1. The van der Waals surface area contributed by atoms with Crippen molar-refractivity contribution in [3.8, 4) is 0 Å². The van der Waals surface area contributed by atoms with E-state index in [4.69, 9.17) is 0 Å². The van der Waals surface area contributed by atoms with Crippen LogP contribution in [0.5, 0.6) is 0 Å². The molecule has 1 saturated heterocycles. The van der Waals surface area contributed by atoms with Crippen LogP contribution in [0.25, 0.3) is 0 Å². The van der Waals surface area contributed by atoms with Gasteiger partial charge in [0.25, 0.3) is 0 Å². The first kappa shape index (κ1) is 17.4. The summed E-state index contributed by atoms with van der Waals surface area (Å²) in [5, 5.41) is 3.30. The standard InChI is InChI=1S/C20H29FN2O/c21-18-9-7-16(8-10-18)15-23-13-11-17(12-14-23)20(24)22-19-5-3-1-2-4-6-19/h7-10,17,19H,1-6,11-15H2,(H,22,24). The van der Waals surface area contributed by atoms with Crippen LogP contribution in [0.2, 0.25) is 0 Å². The van der Waals surface area contributed by atoms with Crippen molar-refractivity contribution in [3.63, 3.8) is 0 Å². The van der Waals surface area contributed by atoms with Gasteiger partial charge in [0.1, 0.15) is 5.82 Å². The lowest BCUT2D eigenvalue weighted by Gasteiger charge is -2.32. The molecule has 1 aliphatic carbocycles. The molecule has 2 fully saturated rings. The molecular weight excluding hydrogens is 303 g/mol. The van der Waals surface area contributed by atoms with E-state index >= 15 is 0 Å². The van der Waals surface area contributed by atoms with Crippen LogP contribution in [0.15, 0.2) is 24.3 Å². The predicted octanol–water partition coefficient (Wildman–Crippen LogP) is 3.88. The summed E-state index contributed by atoms with van der Waals surface area (Å²) in [5.41, 5.74) is 1.14. The van der Waals surface area contributed by atoms with Crippen LogP contribution in [0, 0.1) is 11.7 Å². The molecule has 1 saturated carbocycles. The van der Waals surface area contributed by atoms with Gasteiger partial charge in [0.15, 0.2) is 0 Å². The number of hydrogen-bond donors (Lipinski definition) is 1. The topological polar surface area (TPSA) is 32.3 Å². The zero-order valence-corrected chi connectivity index (χ0v) is 14.5. The number of amides is 1. The highest BCUT2D eigenvalue weighted by molar-refractivity contribution is 5.79. The Balaban J connectivity index is 1.42. The quantitative estimate of drug-likeness (QED) is 0.849. The van der Waals surface area contributed by atoms with Crippen molar-refractivity contribution in [1.29, 1.82) is 0 Å². The first-order valence-electron chi connectivity index (χ1n) is 9.48. The van der Waals surface area contributed by atoms with E-state index < -0.39 is 0 Å². The van der Waals surface area contributed by atoms with E-state index in [1.165, 1.54) is 37.8 Å². The smallest absolute Gasteiger partial charge is 0.223 e. The van der Waals surface area contributed by atoms with Crippen LogP contribution < -0.4 is 5.32 Å². The Morgan fingerprint density at radius 1 is 1.00 bits per heavy atom. The van der Waals surface area contributed by atoms with E-state index in [-0.39, 0.29) is 17.6 Å². The van der Waals surface area contributed by atoms with E-state index in [1.54, 1.807) is 0 Å². The van der Waals surface area contributed by atoms with Crippen LogP contribution in [0.3, 0.4) is 0 Å². The number of halogens is 1. The molecule has 1 aliphatic heterocycles. The second-order valence-electron chi connectivity index (χ2n) is 7.37. The third-order valence-electron chi connectivity index (χ3n) is 5.48. The number of likely N-dealkylation sites (tertiary alicyclic amines) is 1. The van der Waals surface area contributed by atoms with Crippen LogP contribution in [-0.4, -0.2) is 29.9 Å². The summed E-state index contributed by atoms with van der Waals surface area (Å²) in [6.45, 7) is 2.73. The largest absolute Gasteiger partial charge is 0.353 e. The molecule has 4 heteroatoms. The van der Waals surface area contributed by atoms with Crippen LogP contribution in [0.4, 0.5) is 4.39 Å². The molecule has 1 aromatic rings. The second-order valence-corrected chi connectivity index (χ2v) is 7.37. The molecule has 132 valence electrons. The number of nitrogens with one attached hydrogen (secondary N) is 1. The van der Waals surface area contributed by atoms with E-state index in [0.717, 1.165) is 50.9 Å². The molecule has 1 heterocycles. The van der Waals surface area contributed by atoms with Gasteiger partial charge < -0.3 is 5.32 Å². The molecule has 2 aliphatic rings. The monoisotopic (exact) mass is 332 g/mol. The van der Waals surface area contributed by atoms with Gasteiger partial charge in [-0.05, 0) is 56.5 Å². The summed E-state index contributed by atoms with van der Waals surface area (Å²) in [6.07, 6.45) is 9.29. The molecule has 0 bridgehead atoms. The zero-order valence-electron chi connectivity index (χ0n) is 14.5. The fourth-order valence-electron chi connectivity index (χ4n) is 3.94. The van der Waals surface area contributed by atoms with Crippen molar-refractivity contribution >= 4 is 5.91 Å². The van der Waals surface area contributed by atoms with Crippen molar-refractivity contribution in [2.45, 2.75) is 64.0 Å². The van der Waals surface area contributed by atoms with Gasteiger partial charge in [0.2, 0.25) is 5.91 Å². The summed E-state index contributed by atoms with van der Waals surface area (Å²) in [4.78, 5) is 14.9. The van der Waals surface area contributed by atoms with Crippen molar-refractivity contribution in [3.05, 3.63) is 35.6 Å². The van der Waals surface area contributed by atoms with Crippen molar-refractivity contribution in [1.82, 2.24) is 10.2 Å². The Morgan fingerprint density at radius 3 is 2.25 bits per heavy atom. The molecule has 0 unspecified atom stereocenters. The number of benzene rings is 1. The maximum Gasteiger partial charge on any atom is 0.223 e. The van der Waals surface area contributed by atoms with E-state index in [9.17, 15) is 9.18 Å². The molecule has 1 aromatic carbocycles. The van der Waals surface area contributed by atoms with Crippen molar-refractivity contribution < 1.29 is 9.18 Å². The van der Waals surface area contributed by atoms with Gasteiger partial charge in [-0.25, -0.2) is 4.39 Å². The maximum atomic E-state index is 13.0. The molecule has 0 radical (unpaired) electrons. The lowest BCUT2D eigenvalue weighted by atomic mass is 9.94. The molecule has 1 N–H and O–H groups in total. The van der Waals surface area contributed by atoms with E-state index in [1.807, 2.05) is 12.1 Å². The lowest BCUT2D eigenvalue weighted by Crippen LogP contribution is -2.43. The summed E-state index contributed by atoms with van der Waals surface area (Å²) < 4.78 is 13.0. The van der Waals surface area contributed by atoms with Crippen LogP contribution in [0.1, 0.15) is 56.9 Å². The average Bonchev–Trinajstić information content (AvgIpc) is 2.86. The maximum absolute atomic E-state index is 13.0. The molecule has 1 amide bonds. The van der Waals surface area contributed by atoms with Gasteiger partial charge in [-0.15, -0.1) is 0 Å². The summed E-state index contributed by atoms with van der Waals surface area (Å²) in [6, 6.07) is 7.13. The third-order valence-corrected chi connectivity index (χ3v) is 5.48. The fraction of sp³-hybridized carbons (Fsp3) is 0.650. The Morgan fingerprint density at radius 2 is 1.62 bits per heavy atom. The van der Waals surface area contributed by atoms with Gasteiger partial charge in [0, 0.05) is 18.5 Å². The summed E-state index contributed by atoms with van der Waals surface area (Å²) in [7, 11) is 0. The Labute approximate surface area is 144 Å². The number of rotatable bonds is 4. The number of piperidine rings is 1. The van der Waals surface area contributed by atoms with E-state index in [2.05, 4.69) is 10.2 Å². The van der Waals surface area contributed by atoms with E-state index in [0.29, 0.717) is 6.04 Å². The van der Waals surface area contributed by atoms with Crippen LogP contribution >= 0.6 is 0 Å². The zero-order chi connectivity index (χ0) is 16.8. The first-order chi connectivity index (χ1) is 11.7. The number of nitrogens with zero attached hydrogens (tertiary/aromatic N) is 1. The average molecular weight is 332 g/mol. The van der Waals surface area contributed by atoms with Gasteiger partial charge in [-0.1, -0.05) is 37.8 Å². The molecule has 0 spiro atoms. The Kier molecular flexibility index (Phi) is 6.24. The highest BCUT2D eigenvalue weighted by Gasteiger charge is 2.26. The minimum absolute atomic E-state index is 0.165. The van der Waals surface area contributed by atoms with Crippen molar-refractivity contribution in [2.24, 2.45) is 5.92 Å². The van der Waals surface area contributed by atoms with Crippen molar-refractivity contribution in [2.75, 3.05) is 13.1 Å². The van der Waals surface area contributed by atoms with Gasteiger partial charge in [-0.3, -0.25) is 9.69 Å². The molecule has 0 atom stereocenters. The number of carbonyl (C=O) groups excluding carboxylic acids is 1. The Bertz CT molecular complexity index is 515. The SMILES string of the molecule is O=C(NC1CCCCCC1)C1CCN(Cc2ccc(F)cc2)CC1. The van der Waals surface area contributed by atoms with Gasteiger partial charge >= 0.3 is 0 Å². The number of carbonyl (C=O) groups is 1. The summed E-state index contributed by atoms with van der Waals surface area (Å²) >= 11 is 0. The first-order valence-corrected chi connectivity index (χ1v) is 9.48. The van der Waals surface area contributed by atoms with Gasteiger partial charge in [-0.2, -0.15) is 0 Å². The molecule has 3 nitrogen and oxygen atoms in total. The van der Waals surface area contributed by atoms with Gasteiger partial charge in [0.05, 0.1) is 0 Å². The van der Waals surface area contributed by atoms with Crippen LogP contribution in [-0.2, 0) is 11.3 Å². The Hall–Kier alpha value is -1.42.